The number of benzene rings is 1. The van der Waals surface area contributed by atoms with Crippen molar-refractivity contribution < 1.29 is 19.1 Å². The molecule has 0 saturated carbocycles. The summed E-state index contributed by atoms with van der Waals surface area (Å²) in [6, 6.07) is 8.10. The third-order valence-corrected chi connectivity index (χ3v) is 4.23. The highest BCUT2D eigenvalue weighted by molar-refractivity contribution is 7.10. The molecule has 2 aromatic rings. The minimum absolute atomic E-state index is 0.191. The lowest BCUT2D eigenvalue weighted by Crippen LogP contribution is -2.33. The van der Waals surface area contributed by atoms with Crippen LogP contribution in [0.3, 0.4) is 0 Å². The Labute approximate surface area is 147 Å². The molecule has 2 N–H and O–H groups in total. The molecule has 0 aliphatic carbocycles. The van der Waals surface area contributed by atoms with Gasteiger partial charge in [-0.05, 0) is 29.6 Å². The van der Waals surface area contributed by atoms with Crippen LogP contribution in [0.25, 0.3) is 0 Å². The lowest BCUT2D eigenvalue weighted by Gasteiger charge is -2.09. The lowest BCUT2D eigenvalue weighted by atomic mass is 10.2. The molecule has 0 fully saturated rings. The van der Waals surface area contributed by atoms with Gasteiger partial charge in [0, 0.05) is 4.88 Å². The number of carbonyl (C=O) groups is 3. The number of ether oxygens (including phenoxy) is 1. The minimum Gasteiger partial charge on any atom is -0.465 e. The zero-order valence-corrected chi connectivity index (χ0v) is 14.4. The molecular formula is C16H15ClN2O4S. The van der Waals surface area contributed by atoms with Crippen molar-refractivity contribution in [3.63, 3.8) is 0 Å². The normalized spacial score (nSPS) is 10.1. The highest BCUT2D eigenvalue weighted by Crippen LogP contribution is 2.23. The third-order valence-electron chi connectivity index (χ3n) is 3.02. The van der Waals surface area contributed by atoms with Crippen LogP contribution in [0.15, 0.2) is 35.7 Å². The van der Waals surface area contributed by atoms with Crippen molar-refractivity contribution in [1.29, 1.82) is 0 Å². The number of carbonyl (C=O) groups excluding carboxylic acids is 3. The largest absolute Gasteiger partial charge is 0.465 e. The fourth-order valence-electron chi connectivity index (χ4n) is 1.87. The monoisotopic (exact) mass is 366 g/mol. The van der Waals surface area contributed by atoms with Gasteiger partial charge in [0.05, 0.1) is 36.3 Å². The van der Waals surface area contributed by atoms with Gasteiger partial charge in [-0.25, -0.2) is 4.79 Å². The van der Waals surface area contributed by atoms with Gasteiger partial charge >= 0.3 is 5.97 Å². The summed E-state index contributed by atoms with van der Waals surface area (Å²) in [4.78, 5) is 36.1. The number of amides is 2. The Morgan fingerprint density at radius 1 is 1.21 bits per heavy atom. The summed E-state index contributed by atoms with van der Waals surface area (Å²) < 4.78 is 4.61. The first-order valence-electron chi connectivity index (χ1n) is 6.96. The molecule has 0 radical (unpaired) electrons. The first kappa shape index (κ1) is 18.0. The minimum atomic E-state index is -0.536. The summed E-state index contributed by atoms with van der Waals surface area (Å²) in [6.07, 6.45) is 0.226. The number of thiophene rings is 1. The van der Waals surface area contributed by atoms with Crippen molar-refractivity contribution in [2.45, 2.75) is 6.42 Å². The molecule has 0 spiro atoms. The molecule has 2 amide bonds. The van der Waals surface area contributed by atoms with E-state index < -0.39 is 11.9 Å². The SMILES string of the molecule is COC(=O)c1ccc(Cl)c(NC(=O)CNC(=O)Cc2cccs2)c1. The smallest absolute Gasteiger partial charge is 0.337 e. The van der Waals surface area contributed by atoms with Gasteiger partial charge in [-0.2, -0.15) is 0 Å². The van der Waals surface area contributed by atoms with Crippen LogP contribution in [-0.4, -0.2) is 31.4 Å². The summed E-state index contributed by atoms with van der Waals surface area (Å²) in [7, 11) is 1.26. The standard InChI is InChI=1S/C16H15ClN2O4S/c1-23-16(22)10-4-5-12(17)13(7-10)19-15(21)9-18-14(20)8-11-3-2-6-24-11/h2-7H,8-9H2,1H3,(H,18,20)(H,19,21). The molecule has 1 heterocycles. The molecule has 8 heteroatoms. The number of hydrogen-bond acceptors (Lipinski definition) is 5. The summed E-state index contributed by atoms with van der Waals surface area (Å²) in [5, 5.41) is 7.24. The predicted molar refractivity (Wildman–Crippen MR) is 92.5 cm³/mol. The van der Waals surface area contributed by atoms with E-state index in [1.165, 1.54) is 36.6 Å². The molecule has 0 saturated heterocycles. The van der Waals surface area contributed by atoms with Crippen molar-refractivity contribution in [3.8, 4) is 0 Å². The van der Waals surface area contributed by atoms with Crippen LogP contribution in [0.2, 0.25) is 5.02 Å². The molecule has 1 aromatic carbocycles. The fraction of sp³-hybridized carbons (Fsp3) is 0.188. The number of methoxy groups -OCH3 is 1. The Kier molecular flexibility index (Phi) is 6.34. The molecule has 1 aromatic heterocycles. The fourth-order valence-corrected chi connectivity index (χ4v) is 2.74. The second-order valence-electron chi connectivity index (χ2n) is 4.77. The van der Waals surface area contributed by atoms with Crippen LogP contribution in [0.1, 0.15) is 15.2 Å². The zero-order chi connectivity index (χ0) is 17.5. The van der Waals surface area contributed by atoms with Gasteiger partial charge in [-0.3, -0.25) is 9.59 Å². The van der Waals surface area contributed by atoms with Gasteiger partial charge in [0.1, 0.15) is 0 Å². The molecule has 0 aliphatic heterocycles. The van der Waals surface area contributed by atoms with Crippen LogP contribution >= 0.6 is 22.9 Å². The Balaban J connectivity index is 1.90. The first-order valence-corrected chi connectivity index (χ1v) is 8.22. The van der Waals surface area contributed by atoms with Gasteiger partial charge in [0.2, 0.25) is 11.8 Å². The summed E-state index contributed by atoms with van der Waals surface area (Å²) in [6.45, 7) is -0.191. The van der Waals surface area contributed by atoms with Gasteiger partial charge in [0.25, 0.3) is 0 Å². The van der Waals surface area contributed by atoms with Gasteiger partial charge in [0.15, 0.2) is 0 Å². The van der Waals surface area contributed by atoms with E-state index in [0.717, 1.165) is 4.88 Å². The molecule has 6 nitrogen and oxygen atoms in total. The average molecular weight is 367 g/mol. The first-order chi connectivity index (χ1) is 11.5. The van der Waals surface area contributed by atoms with Crippen LogP contribution < -0.4 is 10.6 Å². The molecular weight excluding hydrogens is 352 g/mol. The Morgan fingerprint density at radius 3 is 2.67 bits per heavy atom. The van der Waals surface area contributed by atoms with E-state index in [1.54, 1.807) is 0 Å². The number of rotatable bonds is 6. The van der Waals surface area contributed by atoms with Gasteiger partial charge in [-0.1, -0.05) is 17.7 Å². The predicted octanol–water partition coefficient (Wildman–Crippen LogP) is 2.49. The van der Waals surface area contributed by atoms with Gasteiger partial charge < -0.3 is 15.4 Å². The van der Waals surface area contributed by atoms with E-state index in [4.69, 9.17) is 11.6 Å². The summed E-state index contributed by atoms with van der Waals surface area (Å²) >= 11 is 7.47. The van der Waals surface area contributed by atoms with E-state index in [0.29, 0.717) is 0 Å². The number of hydrogen-bond donors (Lipinski definition) is 2. The van der Waals surface area contributed by atoms with Crippen LogP contribution in [0.4, 0.5) is 5.69 Å². The molecule has 24 heavy (non-hydrogen) atoms. The van der Waals surface area contributed by atoms with Crippen molar-refractivity contribution in [3.05, 3.63) is 51.2 Å². The Hall–Kier alpha value is -2.38. The number of nitrogens with one attached hydrogen (secondary N) is 2. The molecule has 0 bridgehead atoms. The summed E-state index contributed by atoms with van der Waals surface area (Å²) in [5.41, 5.74) is 0.538. The van der Waals surface area contributed by atoms with Crippen LogP contribution in [0, 0.1) is 0 Å². The second-order valence-corrected chi connectivity index (χ2v) is 6.21. The zero-order valence-electron chi connectivity index (χ0n) is 12.8. The number of anilines is 1. The molecule has 0 atom stereocenters. The Bertz CT molecular complexity index is 747. The van der Waals surface area contributed by atoms with E-state index in [9.17, 15) is 14.4 Å². The second kappa shape index (κ2) is 8.47. The quantitative estimate of drug-likeness (QED) is 0.769. The maximum atomic E-state index is 11.9. The highest BCUT2D eigenvalue weighted by Gasteiger charge is 2.12. The molecule has 2 rings (SSSR count). The topological polar surface area (TPSA) is 84.5 Å². The van der Waals surface area contributed by atoms with E-state index >= 15 is 0 Å². The van der Waals surface area contributed by atoms with Crippen molar-refractivity contribution in [2.75, 3.05) is 19.0 Å². The van der Waals surface area contributed by atoms with Crippen molar-refractivity contribution >= 4 is 46.4 Å². The Morgan fingerprint density at radius 2 is 2.00 bits per heavy atom. The van der Waals surface area contributed by atoms with E-state index in [-0.39, 0.29) is 35.1 Å². The molecule has 0 unspecified atom stereocenters. The number of esters is 1. The highest BCUT2D eigenvalue weighted by atomic mass is 35.5. The maximum absolute atomic E-state index is 11.9. The van der Waals surface area contributed by atoms with Crippen molar-refractivity contribution in [1.82, 2.24) is 5.32 Å². The average Bonchev–Trinajstić information content (AvgIpc) is 3.07. The van der Waals surface area contributed by atoms with Crippen molar-refractivity contribution in [2.24, 2.45) is 0 Å². The third kappa shape index (κ3) is 5.07. The van der Waals surface area contributed by atoms with Crippen LogP contribution in [0.5, 0.6) is 0 Å². The summed E-state index contributed by atoms with van der Waals surface area (Å²) in [5.74, 6) is -1.23. The van der Waals surface area contributed by atoms with E-state index in [1.807, 2.05) is 17.5 Å². The van der Waals surface area contributed by atoms with E-state index in [2.05, 4.69) is 15.4 Å². The van der Waals surface area contributed by atoms with Crippen LogP contribution in [-0.2, 0) is 20.7 Å². The maximum Gasteiger partial charge on any atom is 0.337 e. The molecule has 0 aliphatic rings. The van der Waals surface area contributed by atoms with Gasteiger partial charge in [-0.15, -0.1) is 11.3 Å². The molecule has 126 valence electrons. The number of halogens is 1. The lowest BCUT2D eigenvalue weighted by molar-refractivity contribution is -0.123.